The molecule has 0 bridgehead atoms. The first kappa shape index (κ1) is 14.8. The molecule has 0 aromatic carbocycles. The lowest BCUT2D eigenvalue weighted by molar-refractivity contribution is -0.113. The van der Waals surface area contributed by atoms with Gasteiger partial charge >= 0.3 is 0 Å². The van der Waals surface area contributed by atoms with Crippen molar-refractivity contribution < 1.29 is 4.79 Å². The molecule has 1 aliphatic rings. The minimum Gasteiger partial charge on any atom is -0.289 e. The lowest BCUT2D eigenvalue weighted by Gasteiger charge is -2.15. The molecule has 5 heteroatoms. The summed E-state index contributed by atoms with van der Waals surface area (Å²) >= 11 is 22.0. The van der Waals surface area contributed by atoms with E-state index in [2.05, 4.69) is 0 Å². The first-order valence-electron chi connectivity index (χ1n) is 4.99. The Balaban J connectivity index is 2.90. The van der Waals surface area contributed by atoms with Crippen molar-refractivity contribution in [3.05, 3.63) is 44.4 Å². The van der Waals surface area contributed by atoms with Gasteiger partial charge in [0.05, 0.1) is 0 Å². The average molecular weight is 312 g/mol. The van der Waals surface area contributed by atoms with Crippen molar-refractivity contribution in [2.24, 2.45) is 0 Å². The van der Waals surface area contributed by atoms with Crippen LogP contribution in [0.4, 0.5) is 0 Å². The average Bonchev–Trinajstić information content (AvgIpc) is 2.25. The quantitative estimate of drug-likeness (QED) is 0.638. The van der Waals surface area contributed by atoms with Crippen molar-refractivity contribution in [3.8, 4) is 0 Å². The predicted octanol–water partition coefficient (Wildman–Crippen LogP) is 5.23. The van der Waals surface area contributed by atoms with Gasteiger partial charge in [0.15, 0.2) is 5.78 Å². The van der Waals surface area contributed by atoms with Crippen molar-refractivity contribution in [1.82, 2.24) is 0 Å². The maximum atomic E-state index is 12.0. The highest BCUT2D eigenvalue weighted by Crippen LogP contribution is 2.25. The molecule has 1 rings (SSSR count). The van der Waals surface area contributed by atoms with E-state index in [-0.39, 0.29) is 14.8 Å². The van der Waals surface area contributed by atoms with E-state index in [1.54, 1.807) is 12.2 Å². The zero-order valence-corrected chi connectivity index (χ0v) is 11.9. The molecule has 92 valence electrons. The molecule has 0 heterocycles. The van der Waals surface area contributed by atoms with Gasteiger partial charge in [0.1, 0.15) is 8.98 Å². The predicted molar refractivity (Wildman–Crippen MR) is 74.6 cm³/mol. The number of hydrogen-bond acceptors (Lipinski definition) is 1. The van der Waals surface area contributed by atoms with E-state index in [0.29, 0.717) is 11.1 Å². The third-order valence-electron chi connectivity index (χ3n) is 2.30. The Labute approximate surface area is 120 Å². The van der Waals surface area contributed by atoms with Crippen LogP contribution in [0.25, 0.3) is 0 Å². The van der Waals surface area contributed by atoms with Gasteiger partial charge in [-0.05, 0) is 42.6 Å². The fourth-order valence-electron chi connectivity index (χ4n) is 1.55. The van der Waals surface area contributed by atoms with Gasteiger partial charge in [-0.2, -0.15) is 0 Å². The lowest BCUT2D eigenvalue weighted by atomic mass is 9.88. The van der Waals surface area contributed by atoms with Crippen LogP contribution in [-0.4, -0.2) is 5.78 Å². The number of carbonyl (C=O) groups is 1. The van der Waals surface area contributed by atoms with E-state index in [9.17, 15) is 4.79 Å². The second-order valence-corrected chi connectivity index (χ2v) is 5.49. The van der Waals surface area contributed by atoms with Crippen LogP contribution in [0.1, 0.15) is 19.3 Å². The number of ketones is 1. The van der Waals surface area contributed by atoms with Gasteiger partial charge in [0.2, 0.25) is 0 Å². The van der Waals surface area contributed by atoms with Crippen LogP contribution in [0.15, 0.2) is 44.4 Å². The fourth-order valence-corrected chi connectivity index (χ4v) is 1.80. The number of Topliss-reactive ketones (excluding diaryl/α,β-unsaturated/α-hetero) is 1. The largest absolute Gasteiger partial charge is 0.289 e. The molecule has 0 N–H and O–H groups in total. The summed E-state index contributed by atoms with van der Waals surface area (Å²) in [4.78, 5) is 12.0. The first-order valence-corrected chi connectivity index (χ1v) is 6.50. The highest BCUT2D eigenvalue weighted by molar-refractivity contribution is 6.56. The summed E-state index contributed by atoms with van der Waals surface area (Å²) in [6.45, 7) is 0. The first-order chi connectivity index (χ1) is 8.00. The van der Waals surface area contributed by atoms with Crippen LogP contribution in [0, 0.1) is 0 Å². The van der Waals surface area contributed by atoms with Gasteiger partial charge in [-0.1, -0.05) is 58.6 Å². The molecule has 0 aliphatic heterocycles. The molecule has 1 fully saturated rings. The maximum absolute atomic E-state index is 12.0. The van der Waals surface area contributed by atoms with Gasteiger partial charge < -0.3 is 0 Å². The molecule has 0 atom stereocenters. The zero-order chi connectivity index (χ0) is 12.8. The van der Waals surface area contributed by atoms with Gasteiger partial charge in [-0.25, -0.2) is 0 Å². The number of carbonyl (C=O) groups excluding carboxylic acids is 1. The Morgan fingerprint density at radius 3 is 1.65 bits per heavy atom. The number of hydrogen-bond donors (Lipinski definition) is 0. The molecule has 1 aliphatic carbocycles. The van der Waals surface area contributed by atoms with Crippen molar-refractivity contribution >= 4 is 52.2 Å². The monoisotopic (exact) mass is 310 g/mol. The van der Waals surface area contributed by atoms with Gasteiger partial charge in [0, 0.05) is 0 Å². The van der Waals surface area contributed by atoms with E-state index in [0.717, 1.165) is 19.3 Å². The SMILES string of the molecule is O=C1/C(=C/C=C(Cl)Cl)CCC/C1=C\C=C(Cl)Cl. The number of allylic oxidation sites excluding steroid dienone is 6. The molecular weight excluding hydrogens is 302 g/mol. The Kier molecular flexibility index (Phi) is 6.35. The van der Waals surface area contributed by atoms with Crippen molar-refractivity contribution in [2.45, 2.75) is 19.3 Å². The topological polar surface area (TPSA) is 17.1 Å². The summed E-state index contributed by atoms with van der Waals surface area (Å²) in [7, 11) is 0. The molecular formula is C12H10Cl4O. The Hall–Kier alpha value is -0.210. The third-order valence-corrected chi connectivity index (χ3v) is 2.80. The van der Waals surface area contributed by atoms with Gasteiger partial charge in [0.25, 0.3) is 0 Å². The summed E-state index contributed by atoms with van der Waals surface area (Å²) < 4.78 is 0.259. The molecule has 0 aromatic rings. The molecule has 0 saturated heterocycles. The molecule has 0 aromatic heterocycles. The molecule has 0 unspecified atom stereocenters. The second kappa shape index (κ2) is 7.27. The molecule has 1 nitrogen and oxygen atoms in total. The minimum absolute atomic E-state index is 0.00656. The van der Waals surface area contributed by atoms with E-state index in [1.165, 1.54) is 12.2 Å². The fraction of sp³-hybridized carbons (Fsp3) is 0.250. The van der Waals surface area contributed by atoms with Crippen molar-refractivity contribution in [2.75, 3.05) is 0 Å². The van der Waals surface area contributed by atoms with E-state index < -0.39 is 0 Å². The second-order valence-electron chi connectivity index (χ2n) is 3.48. The number of rotatable bonds is 2. The van der Waals surface area contributed by atoms with Crippen LogP contribution in [0.2, 0.25) is 0 Å². The summed E-state index contributed by atoms with van der Waals surface area (Å²) in [6, 6.07) is 0. The Morgan fingerprint density at radius 1 is 0.882 bits per heavy atom. The van der Waals surface area contributed by atoms with E-state index in [4.69, 9.17) is 46.4 Å². The molecule has 0 radical (unpaired) electrons. The smallest absolute Gasteiger partial charge is 0.184 e. The normalized spacial score (nSPS) is 20.6. The third kappa shape index (κ3) is 5.31. The Bertz CT molecular complexity index is 384. The van der Waals surface area contributed by atoms with Gasteiger partial charge in [-0.3, -0.25) is 4.79 Å². The lowest BCUT2D eigenvalue weighted by Crippen LogP contribution is -2.12. The van der Waals surface area contributed by atoms with E-state index >= 15 is 0 Å². The molecule has 1 saturated carbocycles. The maximum Gasteiger partial charge on any atom is 0.184 e. The van der Waals surface area contributed by atoms with Crippen LogP contribution in [0.5, 0.6) is 0 Å². The summed E-state index contributed by atoms with van der Waals surface area (Å²) in [5, 5.41) is 0. The van der Waals surface area contributed by atoms with Crippen molar-refractivity contribution in [1.29, 1.82) is 0 Å². The Morgan fingerprint density at radius 2 is 1.29 bits per heavy atom. The van der Waals surface area contributed by atoms with Crippen LogP contribution >= 0.6 is 46.4 Å². The van der Waals surface area contributed by atoms with E-state index in [1.807, 2.05) is 0 Å². The highest BCUT2D eigenvalue weighted by atomic mass is 35.5. The molecule has 17 heavy (non-hydrogen) atoms. The van der Waals surface area contributed by atoms with Gasteiger partial charge in [-0.15, -0.1) is 0 Å². The highest BCUT2D eigenvalue weighted by Gasteiger charge is 2.19. The van der Waals surface area contributed by atoms with Crippen LogP contribution < -0.4 is 0 Å². The van der Waals surface area contributed by atoms with Crippen LogP contribution in [0.3, 0.4) is 0 Å². The molecule has 0 amide bonds. The standard InChI is InChI=1S/C12H10Cl4O/c13-10(14)6-4-8-2-1-3-9(12(8)17)5-7-11(15)16/h4-7H,1-3H2/b8-4+,9-5+. The zero-order valence-electron chi connectivity index (χ0n) is 8.85. The minimum atomic E-state index is -0.00656. The number of halogens is 4. The summed E-state index contributed by atoms with van der Waals surface area (Å²) in [5.74, 6) is -0.00656. The molecule has 0 spiro atoms. The van der Waals surface area contributed by atoms with Crippen molar-refractivity contribution in [3.63, 3.8) is 0 Å². The summed E-state index contributed by atoms with van der Waals surface area (Å²) in [5.41, 5.74) is 1.39. The van der Waals surface area contributed by atoms with Crippen LogP contribution in [-0.2, 0) is 4.79 Å². The summed E-state index contributed by atoms with van der Waals surface area (Å²) in [6.07, 6.45) is 8.67.